The van der Waals surface area contributed by atoms with Crippen molar-refractivity contribution in [3.63, 3.8) is 0 Å². The molecule has 2 N–H and O–H groups in total. The highest BCUT2D eigenvalue weighted by Gasteiger charge is 2.12. The number of aliphatic hydroxyl groups excluding tert-OH is 1. The third-order valence-electron chi connectivity index (χ3n) is 3.85. The minimum Gasteiger partial charge on any atom is -0.508 e. The summed E-state index contributed by atoms with van der Waals surface area (Å²) in [5.74, 6) is -0.0344. The van der Waals surface area contributed by atoms with E-state index in [2.05, 4.69) is 0 Å². The number of fused-ring (bicyclic) bond motifs is 1. The Kier molecular flexibility index (Phi) is 3.72. The maximum absolute atomic E-state index is 12.7. The van der Waals surface area contributed by atoms with Crippen LogP contribution in [-0.4, -0.2) is 16.5 Å². The molecule has 5 nitrogen and oxygen atoms in total. The standard InChI is InChI=1S/C18H14O5/c1-10-4-14-17(6-12(10)7-19)23-9-15(18(14)22)11-2-3-16(21)13(5-11)8-20/h2-7,9,20-21H,8H2,1H3. The number of aromatic hydroxyl groups is 1. The molecule has 0 aliphatic carbocycles. The Bertz CT molecular complexity index is 969. The van der Waals surface area contributed by atoms with Crippen molar-refractivity contribution in [1.82, 2.24) is 0 Å². The molecule has 0 atom stereocenters. The van der Waals surface area contributed by atoms with Crippen LogP contribution in [0.3, 0.4) is 0 Å². The van der Waals surface area contributed by atoms with Gasteiger partial charge in [0.2, 0.25) is 0 Å². The molecule has 3 rings (SSSR count). The van der Waals surface area contributed by atoms with Gasteiger partial charge in [0.15, 0.2) is 5.43 Å². The molecule has 23 heavy (non-hydrogen) atoms. The smallest absolute Gasteiger partial charge is 0.200 e. The number of benzene rings is 2. The third kappa shape index (κ3) is 2.51. The molecule has 0 spiro atoms. The molecule has 1 aromatic heterocycles. The van der Waals surface area contributed by atoms with Gasteiger partial charge in [-0.1, -0.05) is 6.07 Å². The van der Waals surface area contributed by atoms with Crippen molar-refractivity contribution in [1.29, 1.82) is 0 Å². The van der Waals surface area contributed by atoms with Crippen LogP contribution in [-0.2, 0) is 6.61 Å². The molecule has 3 aromatic rings. The van der Waals surface area contributed by atoms with Gasteiger partial charge in [0.25, 0.3) is 0 Å². The Morgan fingerprint density at radius 3 is 2.70 bits per heavy atom. The molecule has 5 heteroatoms. The van der Waals surface area contributed by atoms with Crippen LogP contribution < -0.4 is 5.43 Å². The Morgan fingerprint density at radius 1 is 1.22 bits per heavy atom. The van der Waals surface area contributed by atoms with E-state index in [-0.39, 0.29) is 17.8 Å². The van der Waals surface area contributed by atoms with Gasteiger partial charge in [-0.2, -0.15) is 0 Å². The Morgan fingerprint density at radius 2 is 2.00 bits per heavy atom. The lowest BCUT2D eigenvalue weighted by Crippen LogP contribution is -2.06. The molecule has 0 aliphatic heterocycles. The minimum absolute atomic E-state index is 0.0344. The third-order valence-corrected chi connectivity index (χ3v) is 3.85. The molecule has 2 aromatic carbocycles. The number of hydrogen-bond acceptors (Lipinski definition) is 5. The number of rotatable bonds is 3. The molecule has 0 saturated carbocycles. The van der Waals surface area contributed by atoms with E-state index in [9.17, 15) is 19.8 Å². The molecule has 116 valence electrons. The predicted molar refractivity (Wildman–Crippen MR) is 85.6 cm³/mol. The first-order valence-electron chi connectivity index (χ1n) is 6.99. The normalized spacial score (nSPS) is 10.9. The van der Waals surface area contributed by atoms with Crippen molar-refractivity contribution in [3.8, 4) is 16.9 Å². The van der Waals surface area contributed by atoms with E-state index in [4.69, 9.17) is 4.42 Å². The van der Waals surface area contributed by atoms with Gasteiger partial charge < -0.3 is 14.6 Å². The zero-order valence-electron chi connectivity index (χ0n) is 12.4. The fourth-order valence-corrected chi connectivity index (χ4v) is 2.51. The van der Waals surface area contributed by atoms with Gasteiger partial charge in [0.05, 0.1) is 17.6 Å². The van der Waals surface area contributed by atoms with E-state index >= 15 is 0 Å². The lowest BCUT2D eigenvalue weighted by molar-refractivity contribution is 0.112. The zero-order valence-corrected chi connectivity index (χ0v) is 12.4. The number of aryl methyl sites for hydroxylation is 1. The highest BCUT2D eigenvalue weighted by atomic mass is 16.3. The lowest BCUT2D eigenvalue weighted by atomic mass is 10.0. The van der Waals surface area contributed by atoms with Crippen LogP contribution in [0.25, 0.3) is 22.1 Å². The molecular formula is C18H14O5. The van der Waals surface area contributed by atoms with Gasteiger partial charge in [-0.15, -0.1) is 0 Å². The topological polar surface area (TPSA) is 87.7 Å². The Hall–Kier alpha value is -2.92. The van der Waals surface area contributed by atoms with E-state index in [1.165, 1.54) is 12.3 Å². The van der Waals surface area contributed by atoms with Crippen LogP contribution in [0, 0.1) is 6.92 Å². The van der Waals surface area contributed by atoms with Gasteiger partial charge in [-0.05, 0) is 42.3 Å². The fraction of sp³-hybridized carbons (Fsp3) is 0.111. The summed E-state index contributed by atoms with van der Waals surface area (Å²) < 4.78 is 5.50. The summed E-state index contributed by atoms with van der Waals surface area (Å²) in [7, 11) is 0. The van der Waals surface area contributed by atoms with Crippen LogP contribution in [0.4, 0.5) is 0 Å². The summed E-state index contributed by atoms with van der Waals surface area (Å²) in [6.07, 6.45) is 2.04. The average Bonchev–Trinajstić information content (AvgIpc) is 2.56. The second-order valence-electron chi connectivity index (χ2n) is 5.30. The first-order chi connectivity index (χ1) is 11.0. The lowest BCUT2D eigenvalue weighted by Gasteiger charge is -2.07. The van der Waals surface area contributed by atoms with E-state index in [0.717, 1.165) is 6.29 Å². The number of carbonyl (C=O) groups is 1. The summed E-state index contributed by atoms with van der Waals surface area (Å²) in [5, 5.41) is 19.2. The Balaban J connectivity index is 2.25. The molecule has 0 amide bonds. The van der Waals surface area contributed by atoms with E-state index < -0.39 is 0 Å². The van der Waals surface area contributed by atoms with Crippen LogP contribution >= 0.6 is 0 Å². The summed E-state index contributed by atoms with van der Waals surface area (Å²) in [5.41, 5.74) is 2.47. The second-order valence-corrected chi connectivity index (χ2v) is 5.30. The molecular weight excluding hydrogens is 296 g/mol. The number of aldehydes is 1. The monoisotopic (exact) mass is 310 g/mol. The molecule has 0 bridgehead atoms. The van der Waals surface area contributed by atoms with E-state index in [0.29, 0.717) is 38.8 Å². The highest BCUT2D eigenvalue weighted by Crippen LogP contribution is 2.26. The van der Waals surface area contributed by atoms with Gasteiger partial charge in [-0.25, -0.2) is 0 Å². The van der Waals surface area contributed by atoms with Crippen molar-refractivity contribution in [2.45, 2.75) is 13.5 Å². The average molecular weight is 310 g/mol. The van der Waals surface area contributed by atoms with E-state index in [1.807, 2.05) is 0 Å². The molecule has 0 fully saturated rings. The molecule has 0 radical (unpaired) electrons. The summed E-state index contributed by atoms with van der Waals surface area (Å²) in [4.78, 5) is 23.7. The number of phenols is 1. The summed E-state index contributed by atoms with van der Waals surface area (Å²) in [6.45, 7) is 1.42. The number of hydrogen-bond donors (Lipinski definition) is 2. The maximum Gasteiger partial charge on any atom is 0.200 e. The van der Waals surface area contributed by atoms with E-state index in [1.54, 1.807) is 31.2 Å². The highest BCUT2D eigenvalue weighted by molar-refractivity contribution is 5.89. The van der Waals surface area contributed by atoms with Crippen molar-refractivity contribution in [2.75, 3.05) is 0 Å². The number of aliphatic hydroxyl groups is 1. The summed E-state index contributed by atoms with van der Waals surface area (Å²) >= 11 is 0. The van der Waals surface area contributed by atoms with Crippen molar-refractivity contribution < 1.29 is 19.4 Å². The van der Waals surface area contributed by atoms with Crippen molar-refractivity contribution in [3.05, 3.63) is 63.5 Å². The Labute approximate surface area is 131 Å². The van der Waals surface area contributed by atoms with Gasteiger partial charge in [0.1, 0.15) is 23.9 Å². The van der Waals surface area contributed by atoms with Crippen LogP contribution in [0.2, 0.25) is 0 Å². The second kappa shape index (κ2) is 5.70. The minimum atomic E-state index is -0.333. The summed E-state index contributed by atoms with van der Waals surface area (Å²) in [6, 6.07) is 7.71. The number of carbonyl (C=O) groups excluding carboxylic acids is 1. The molecule has 0 saturated heterocycles. The largest absolute Gasteiger partial charge is 0.508 e. The van der Waals surface area contributed by atoms with Crippen LogP contribution in [0.5, 0.6) is 5.75 Å². The fourth-order valence-electron chi connectivity index (χ4n) is 2.51. The van der Waals surface area contributed by atoms with Gasteiger partial charge in [0, 0.05) is 11.1 Å². The van der Waals surface area contributed by atoms with Crippen LogP contribution in [0.1, 0.15) is 21.5 Å². The predicted octanol–water partition coefficient (Wildman–Crippen LogP) is 2.78. The van der Waals surface area contributed by atoms with Crippen molar-refractivity contribution in [2.24, 2.45) is 0 Å². The van der Waals surface area contributed by atoms with Crippen LogP contribution in [0.15, 0.2) is 45.8 Å². The van der Waals surface area contributed by atoms with Gasteiger partial charge >= 0.3 is 0 Å². The maximum atomic E-state index is 12.7. The van der Waals surface area contributed by atoms with Crippen molar-refractivity contribution >= 4 is 17.3 Å². The molecule has 1 heterocycles. The molecule has 0 aliphatic rings. The van der Waals surface area contributed by atoms with Gasteiger partial charge in [-0.3, -0.25) is 9.59 Å². The SMILES string of the molecule is Cc1cc2c(=O)c(-c3ccc(O)c(CO)c3)coc2cc1C=O. The first kappa shape index (κ1) is 15.0. The zero-order chi connectivity index (χ0) is 16.6. The first-order valence-corrected chi connectivity index (χ1v) is 6.99. The molecule has 0 unspecified atom stereocenters. The quantitative estimate of drug-likeness (QED) is 0.726.